The van der Waals surface area contributed by atoms with Crippen molar-refractivity contribution in [3.8, 4) is 11.8 Å². The first-order valence-corrected chi connectivity index (χ1v) is 5.85. The second kappa shape index (κ2) is 6.27. The maximum atomic E-state index is 9.14. The van der Waals surface area contributed by atoms with Gasteiger partial charge in [-0.1, -0.05) is 20.8 Å². The van der Waals surface area contributed by atoms with Crippen LogP contribution in [0.5, 0.6) is 5.75 Å². The van der Waals surface area contributed by atoms with Crippen LogP contribution in [0.4, 0.5) is 0 Å². The van der Waals surface area contributed by atoms with E-state index in [1.807, 2.05) is 13.0 Å². The van der Waals surface area contributed by atoms with Gasteiger partial charge < -0.3 is 9.84 Å². The van der Waals surface area contributed by atoms with E-state index in [1.165, 1.54) is 0 Å². The molecule has 0 aliphatic rings. The van der Waals surface area contributed by atoms with Crippen molar-refractivity contribution in [1.29, 1.82) is 5.26 Å². The summed E-state index contributed by atoms with van der Waals surface area (Å²) in [5.41, 5.74) is 1.51. The molecule has 0 heterocycles. The lowest BCUT2D eigenvalue weighted by Crippen LogP contribution is -2.06. The lowest BCUT2D eigenvalue weighted by molar-refractivity contribution is 0.266. The molecule has 1 N–H and O–H groups in total. The summed E-state index contributed by atoms with van der Waals surface area (Å²) in [7, 11) is 0. The third-order valence-electron chi connectivity index (χ3n) is 2.48. The van der Waals surface area contributed by atoms with E-state index in [2.05, 4.69) is 19.9 Å². The van der Waals surface area contributed by atoms with Crippen molar-refractivity contribution in [2.75, 3.05) is 13.2 Å². The normalized spacial score (nSPS) is 12.2. The lowest BCUT2D eigenvalue weighted by atomic mass is 10.00. The molecular weight excluding hydrogens is 214 g/mol. The van der Waals surface area contributed by atoms with Gasteiger partial charge >= 0.3 is 0 Å². The van der Waals surface area contributed by atoms with E-state index >= 15 is 0 Å². The molecule has 1 rings (SSSR count). The number of nitriles is 1. The van der Waals surface area contributed by atoms with Gasteiger partial charge in [-0.15, -0.1) is 0 Å². The highest BCUT2D eigenvalue weighted by molar-refractivity contribution is 5.42. The van der Waals surface area contributed by atoms with Crippen LogP contribution in [0.2, 0.25) is 0 Å². The van der Waals surface area contributed by atoms with Gasteiger partial charge in [-0.2, -0.15) is 5.26 Å². The summed E-state index contributed by atoms with van der Waals surface area (Å²) in [6.45, 7) is 6.76. The fraction of sp³-hybridized carbons (Fsp3) is 0.500. The molecular formula is C14H19NO2. The second-order valence-electron chi connectivity index (χ2n) is 4.69. The maximum Gasteiger partial charge on any atom is 0.120 e. The minimum Gasteiger partial charge on any atom is -0.493 e. The standard InChI is InChI=1S/C14H19NO2/c1-10(2)9-17-14-5-12(7-15)4-13(6-14)11(3)8-16/h4-6,10-11,16H,8-9H2,1-3H3. The molecule has 0 aromatic heterocycles. The van der Waals surface area contributed by atoms with Gasteiger partial charge in [0.05, 0.1) is 18.2 Å². The Kier molecular flexibility index (Phi) is 4.99. The SMILES string of the molecule is CC(C)COc1cc(C#N)cc(C(C)CO)c1. The third kappa shape index (κ3) is 4.08. The Morgan fingerprint density at radius 2 is 2.00 bits per heavy atom. The van der Waals surface area contributed by atoms with Gasteiger partial charge in [0.15, 0.2) is 0 Å². The zero-order valence-electron chi connectivity index (χ0n) is 10.6. The van der Waals surface area contributed by atoms with E-state index in [1.54, 1.807) is 12.1 Å². The van der Waals surface area contributed by atoms with E-state index in [-0.39, 0.29) is 12.5 Å². The molecule has 0 saturated carbocycles. The third-order valence-corrected chi connectivity index (χ3v) is 2.48. The molecule has 0 aliphatic heterocycles. The molecule has 0 radical (unpaired) electrons. The minimum atomic E-state index is 0.0182. The average Bonchev–Trinajstić information content (AvgIpc) is 2.34. The number of rotatable bonds is 5. The molecule has 1 unspecified atom stereocenters. The first kappa shape index (κ1) is 13.5. The average molecular weight is 233 g/mol. The van der Waals surface area contributed by atoms with Gasteiger partial charge in [0.2, 0.25) is 0 Å². The van der Waals surface area contributed by atoms with Crippen LogP contribution in [0.25, 0.3) is 0 Å². The molecule has 1 atom stereocenters. The van der Waals surface area contributed by atoms with Crippen molar-refractivity contribution in [2.24, 2.45) is 5.92 Å². The topological polar surface area (TPSA) is 53.2 Å². The van der Waals surface area contributed by atoms with E-state index in [0.29, 0.717) is 23.8 Å². The molecule has 0 aliphatic carbocycles. The van der Waals surface area contributed by atoms with Gasteiger partial charge in [0, 0.05) is 12.5 Å². The van der Waals surface area contributed by atoms with Gasteiger partial charge in [0.25, 0.3) is 0 Å². The minimum absolute atomic E-state index is 0.0182. The lowest BCUT2D eigenvalue weighted by Gasteiger charge is -2.13. The highest BCUT2D eigenvalue weighted by Gasteiger charge is 2.08. The van der Waals surface area contributed by atoms with Crippen LogP contribution in [0, 0.1) is 17.2 Å². The summed E-state index contributed by atoms with van der Waals surface area (Å²) < 4.78 is 5.61. The first-order chi connectivity index (χ1) is 8.06. The Labute approximate surface area is 103 Å². The van der Waals surface area contributed by atoms with Gasteiger partial charge in [-0.05, 0) is 29.7 Å². The molecule has 3 heteroatoms. The molecule has 17 heavy (non-hydrogen) atoms. The van der Waals surface area contributed by atoms with E-state index in [9.17, 15) is 0 Å². The van der Waals surface area contributed by atoms with Crippen molar-refractivity contribution in [3.63, 3.8) is 0 Å². The number of aliphatic hydroxyl groups is 1. The number of nitrogens with zero attached hydrogens (tertiary/aromatic N) is 1. The Balaban J connectivity index is 2.94. The molecule has 0 fully saturated rings. The smallest absolute Gasteiger partial charge is 0.120 e. The van der Waals surface area contributed by atoms with Gasteiger partial charge in [-0.25, -0.2) is 0 Å². The van der Waals surface area contributed by atoms with Crippen LogP contribution in [-0.2, 0) is 0 Å². The molecule has 0 amide bonds. The summed E-state index contributed by atoms with van der Waals surface area (Å²) in [6, 6.07) is 7.53. The summed E-state index contributed by atoms with van der Waals surface area (Å²) in [5.74, 6) is 1.16. The van der Waals surface area contributed by atoms with Crippen molar-refractivity contribution >= 4 is 0 Å². The molecule has 1 aromatic carbocycles. The van der Waals surface area contributed by atoms with Crippen LogP contribution in [0.15, 0.2) is 18.2 Å². The van der Waals surface area contributed by atoms with Crippen LogP contribution in [0.3, 0.4) is 0 Å². The first-order valence-electron chi connectivity index (χ1n) is 5.85. The summed E-state index contributed by atoms with van der Waals surface area (Å²) in [6.07, 6.45) is 0. The second-order valence-corrected chi connectivity index (χ2v) is 4.69. The maximum absolute atomic E-state index is 9.14. The molecule has 0 saturated heterocycles. The Bertz CT molecular complexity index is 407. The Hall–Kier alpha value is -1.53. The molecule has 1 aromatic rings. The predicted octanol–water partition coefficient (Wildman–Crippen LogP) is 2.69. The molecule has 0 spiro atoms. The van der Waals surface area contributed by atoms with E-state index < -0.39 is 0 Å². The van der Waals surface area contributed by atoms with Crippen LogP contribution in [0.1, 0.15) is 37.8 Å². The number of aliphatic hydroxyl groups excluding tert-OH is 1. The molecule has 92 valence electrons. The fourth-order valence-corrected chi connectivity index (χ4v) is 1.42. The summed E-state index contributed by atoms with van der Waals surface area (Å²) >= 11 is 0. The fourth-order valence-electron chi connectivity index (χ4n) is 1.42. The largest absolute Gasteiger partial charge is 0.493 e. The zero-order chi connectivity index (χ0) is 12.8. The van der Waals surface area contributed by atoms with Crippen molar-refractivity contribution in [1.82, 2.24) is 0 Å². The highest BCUT2D eigenvalue weighted by atomic mass is 16.5. The van der Waals surface area contributed by atoms with Crippen LogP contribution >= 0.6 is 0 Å². The van der Waals surface area contributed by atoms with Crippen molar-refractivity contribution in [2.45, 2.75) is 26.7 Å². The predicted molar refractivity (Wildman–Crippen MR) is 67.0 cm³/mol. The Morgan fingerprint density at radius 1 is 1.29 bits per heavy atom. The zero-order valence-corrected chi connectivity index (χ0v) is 10.6. The Morgan fingerprint density at radius 3 is 2.53 bits per heavy atom. The van der Waals surface area contributed by atoms with E-state index in [4.69, 9.17) is 15.1 Å². The van der Waals surface area contributed by atoms with Crippen LogP contribution < -0.4 is 4.74 Å². The molecule has 3 nitrogen and oxygen atoms in total. The quantitative estimate of drug-likeness (QED) is 0.850. The van der Waals surface area contributed by atoms with Crippen molar-refractivity contribution < 1.29 is 9.84 Å². The number of hydrogen-bond acceptors (Lipinski definition) is 3. The molecule has 0 bridgehead atoms. The summed E-state index contributed by atoms with van der Waals surface area (Å²) in [5, 5.41) is 18.1. The highest BCUT2D eigenvalue weighted by Crippen LogP contribution is 2.23. The number of hydrogen-bond donors (Lipinski definition) is 1. The van der Waals surface area contributed by atoms with Crippen molar-refractivity contribution in [3.05, 3.63) is 29.3 Å². The number of ether oxygens (including phenoxy) is 1. The van der Waals surface area contributed by atoms with E-state index in [0.717, 1.165) is 5.56 Å². The monoisotopic (exact) mass is 233 g/mol. The van der Waals surface area contributed by atoms with Crippen LogP contribution in [-0.4, -0.2) is 18.3 Å². The van der Waals surface area contributed by atoms with Gasteiger partial charge in [0.1, 0.15) is 5.75 Å². The van der Waals surface area contributed by atoms with Gasteiger partial charge in [-0.3, -0.25) is 0 Å². The summed E-state index contributed by atoms with van der Waals surface area (Å²) in [4.78, 5) is 0. The number of benzene rings is 1.